The lowest BCUT2D eigenvalue weighted by molar-refractivity contribution is 0.280. The average molecular weight is 468 g/mol. The van der Waals surface area contributed by atoms with E-state index in [0.717, 1.165) is 39.8 Å². The molecule has 0 radical (unpaired) electrons. The number of aliphatic hydroxyl groups excluding tert-OH is 1. The van der Waals surface area contributed by atoms with E-state index >= 15 is 0 Å². The van der Waals surface area contributed by atoms with Crippen LogP contribution in [0.3, 0.4) is 0 Å². The number of rotatable bonds is 10. The van der Waals surface area contributed by atoms with Gasteiger partial charge in [0.05, 0.1) is 22.7 Å². The third-order valence-corrected chi connectivity index (χ3v) is 5.94. The molecule has 6 heteroatoms. The lowest BCUT2D eigenvalue weighted by Gasteiger charge is -2.10. The van der Waals surface area contributed by atoms with Crippen LogP contribution in [-0.2, 0) is 6.54 Å². The smallest absolute Gasteiger partial charge is 0.146 e. The Bertz CT molecular complexity index is 1320. The largest absolute Gasteiger partial charge is 0.396 e. The summed E-state index contributed by atoms with van der Waals surface area (Å²) in [5.41, 5.74) is 12.2. The first-order valence-electron chi connectivity index (χ1n) is 11.8. The van der Waals surface area contributed by atoms with Crippen molar-refractivity contribution in [3.63, 3.8) is 0 Å². The quantitative estimate of drug-likeness (QED) is 0.217. The van der Waals surface area contributed by atoms with Gasteiger partial charge in [0.1, 0.15) is 17.8 Å². The van der Waals surface area contributed by atoms with Crippen molar-refractivity contribution >= 4 is 22.9 Å². The summed E-state index contributed by atoms with van der Waals surface area (Å²) >= 11 is 0. The van der Waals surface area contributed by atoms with Gasteiger partial charge >= 0.3 is 0 Å². The Balaban J connectivity index is 2.25. The van der Waals surface area contributed by atoms with Crippen molar-refractivity contribution in [3.8, 4) is 17.2 Å². The monoisotopic (exact) mass is 467 g/mol. The third-order valence-electron chi connectivity index (χ3n) is 5.94. The van der Waals surface area contributed by atoms with Crippen molar-refractivity contribution in [3.05, 3.63) is 83.9 Å². The molecule has 1 aromatic carbocycles. The highest BCUT2D eigenvalue weighted by atomic mass is 16.3. The highest BCUT2D eigenvalue weighted by Gasteiger charge is 2.21. The molecule has 35 heavy (non-hydrogen) atoms. The summed E-state index contributed by atoms with van der Waals surface area (Å²) in [5.74, 6) is 0.759. The molecule has 0 aliphatic rings. The van der Waals surface area contributed by atoms with Crippen LogP contribution >= 0.6 is 0 Å². The molecule has 2 aromatic heterocycles. The van der Waals surface area contributed by atoms with Gasteiger partial charge in [0, 0.05) is 18.7 Å². The number of aromatic nitrogens is 3. The lowest BCUT2D eigenvalue weighted by atomic mass is 9.99. The third kappa shape index (κ3) is 5.95. The predicted octanol–water partition coefficient (Wildman–Crippen LogP) is 5.99. The number of aliphatic hydroxyl groups is 1. The highest BCUT2D eigenvalue weighted by Crippen LogP contribution is 2.38. The molecule has 3 rings (SSSR count). The average Bonchev–Trinajstić information content (AvgIpc) is 3.15. The van der Waals surface area contributed by atoms with Gasteiger partial charge < -0.3 is 15.4 Å². The molecule has 0 saturated heterocycles. The van der Waals surface area contributed by atoms with Crippen LogP contribution in [-0.4, -0.2) is 26.2 Å². The zero-order valence-corrected chi connectivity index (χ0v) is 20.7. The minimum absolute atomic E-state index is 0.0426. The lowest BCUT2D eigenvalue weighted by Crippen LogP contribution is -2.04. The van der Waals surface area contributed by atoms with E-state index in [0.29, 0.717) is 35.9 Å². The summed E-state index contributed by atoms with van der Waals surface area (Å²) < 4.78 is 2.02. The van der Waals surface area contributed by atoms with Crippen molar-refractivity contribution in [1.29, 1.82) is 5.26 Å². The summed E-state index contributed by atoms with van der Waals surface area (Å²) in [4.78, 5) is 8.77. The van der Waals surface area contributed by atoms with Crippen LogP contribution in [0, 0.1) is 24.2 Å². The molecule has 3 aromatic rings. The molecular weight excluding hydrogens is 434 g/mol. The normalized spacial score (nSPS) is 13.3. The van der Waals surface area contributed by atoms with E-state index in [4.69, 9.17) is 5.73 Å². The van der Waals surface area contributed by atoms with E-state index in [-0.39, 0.29) is 6.61 Å². The Kier molecular flexibility index (Phi) is 8.77. The molecule has 180 valence electrons. The second-order valence-electron chi connectivity index (χ2n) is 8.72. The number of aryl methyl sites for hydroxylation is 2. The zero-order chi connectivity index (χ0) is 25.4. The van der Waals surface area contributed by atoms with Crippen LogP contribution in [0.25, 0.3) is 28.2 Å². The van der Waals surface area contributed by atoms with Crippen LogP contribution in [0.1, 0.15) is 37.9 Å². The van der Waals surface area contributed by atoms with Crippen LogP contribution in [0.5, 0.6) is 0 Å². The van der Waals surface area contributed by atoms with Crippen molar-refractivity contribution < 1.29 is 5.11 Å². The first kappa shape index (κ1) is 25.7. The van der Waals surface area contributed by atoms with E-state index in [2.05, 4.69) is 35.6 Å². The van der Waals surface area contributed by atoms with Gasteiger partial charge in [-0.3, -0.25) is 0 Å². The number of nitrogens with zero attached hydrogens (tertiary/aromatic N) is 4. The molecule has 2 heterocycles. The number of anilines is 1. The molecule has 0 saturated carbocycles. The van der Waals surface area contributed by atoms with E-state index in [1.807, 2.05) is 67.0 Å². The fourth-order valence-corrected chi connectivity index (χ4v) is 4.02. The molecule has 1 atom stereocenters. The predicted molar refractivity (Wildman–Crippen MR) is 144 cm³/mol. The molecule has 3 N–H and O–H groups in total. The van der Waals surface area contributed by atoms with Crippen LogP contribution < -0.4 is 5.73 Å². The first-order chi connectivity index (χ1) is 16.9. The Labute approximate surface area is 207 Å². The molecule has 0 aliphatic carbocycles. The van der Waals surface area contributed by atoms with Crippen molar-refractivity contribution in [2.24, 2.45) is 5.92 Å². The Morgan fingerprint density at radius 1 is 1.29 bits per heavy atom. The SMILES string of the molecule is C=CCC(C)C=CC=C(C)C(C#N)=Cc1c(-c2ccc(C)cc2)c2c(N)ncnc2n1CCCO. The number of hydrogen-bond acceptors (Lipinski definition) is 5. The summed E-state index contributed by atoms with van der Waals surface area (Å²) in [7, 11) is 0. The maximum Gasteiger partial charge on any atom is 0.146 e. The van der Waals surface area contributed by atoms with Gasteiger partial charge in [-0.15, -0.1) is 6.58 Å². The number of benzene rings is 1. The van der Waals surface area contributed by atoms with Crippen molar-refractivity contribution in [2.45, 2.75) is 40.2 Å². The number of hydrogen-bond donors (Lipinski definition) is 2. The minimum atomic E-state index is 0.0426. The zero-order valence-electron chi connectivity index (χ0n) is 20.7. The van der Waals surface area contributed by atoms with Gasteiger partial charge in [0.25, 0.3) is 0 Å². The van der Waals surface area contributed by atoms with Crippen molar-refractivity contribution in [1.82, 2.24) is 14.5 Å². The molecule has 1 unspecified atom stereocenters. The standard InChI is InChI=1S/C29H33N5O/c1-5-8-20(2)9-6-10-22(4)24(18-30)17-25-26(23-13-11-21(3)12-14-23)27-28(31)32-19-33-29(27)34(25)15-7-16-35/h5-6,9-14,17,19-20,35H,1,7-8,15-16H2,2-4H3,(H2,31,32,33). The number of fused-ring (bicyclic) bond motifs is 1. The molecule has 0 bridgehead atoms. The summed E-state index contributed by atoms with van der Waals surface area (Å²) in [6, 6.07) is 10.5. The van der Waals surface area contributed by atoms with Crippen LogP contribution in [0.2, 0.25) is 0 Å². The van der Waals surface area contributed by atoms with Gasteiger partial charge in [0.15, 0.2) is 0 Å². The van der Waals surface area contributed by atoms with E-state index < -0.39 is 0 Å². The fourth-order valence-electron chi connectivity index (χ4n) is 4.02. The second-order valence-corrected chi connectivity index (χ2v) is 8.72. The summed E-state index contributed by atoms with van der Waals surface area (Å²) in [6.07, 6.45) is 12.7. The molecule has 0 amide bonds. The topological polar surface area (TPSA) is 101 Å². The van der Waals surface area contributed by atoms with Gasteiger partial charge in [-0.1, -0.05) is 61.1 Å². The van der Waals surface area contributed by atoms with Crippen LogP contribution in [0.15, 0.2) is 72.6 Å². The maximum absolute atomic E-state index is 10.0. The Morgan fingerprint density at radius 3 is 2.69 bits per heavy atom. The number of nitrogen functional groups attached to an aromatic ring is 1. The maximum atomic E-state index is 10.0. The minimum Gasteiger partial charge on any atom is -0.396 e. The summed E-state index contributed by atoms with van der Waals surface area (Å²) in [5, 5.41) is 20.3. The van der Waals surface area contributed by atoms with Gasteiger partial charge in [0.2, 0.25) is 0 Å². The number of nitrogens with two attached hydrogens (primary N) is 1. The Morgan fingerprint density at radius 2 is 2.03 bits per heavy atom. The molecule has 0 fully saturated rings. The second kappa shape index (κ2) is 12.0. The highest BCUT2D eigenvalue weighted by molar-refractivity contribution is 6.05. The Hall–Kier alpha value is -3.95. The molecule has 0 spiro atoms. The van der Waals surface area contributed by atoms with E-state index in [9.17, 15) is 10.4 Å². The van der Waals surface area contributed by atoms with Gasteiger partial charge in [-0.05, 0) is 49.8 Å². The summed E-state index contributed by atoms with van der Waals surface area (Å²) in [6.45, 7) is 10.5. The van der Waals surface area contributed by atoms with Crippen molar-refractivity contribution in [2.75, 3.05) is 12.3 Å². The van der Waals surface area contributed by atoms with Crippen LogP contribution in [0.4, 0.5) is 5.82 Å². The number of nitriles is 1. The fraction of sp³-hybridized carbons (Fsp3) is 0.276. The first-order valence-corrected chi connectivity index (χ1v) is 11.8. The number of allylic oxidation sites excluding steroid dienone is 6. The van der Waals surface area contributed by atoms with Gasteiger partial charge in [-0.25, -0.2) is 9.97 Å². The van der Waals surface area contributed by atoms with E-state index in [1.54, 1.807) is 0 Å². The molecule has 6 nitrogen and oxygen atoms in total. The van der Waals surface area contributed by atoms with E-state index in [1.165, 1.54) is 6.33 Å². The molecule has 0 aliphatic heterocycles. The van der Waals surface area contributed by atoms with Gasteiger partial charge in [-0.2, -0.15) is 5.26 Å². The molecular formula is C29H33N5O.